The maximum atomic E-state index is 12.0. The van der Waals surface area contributed by atoms with Gasteiger partial charge in [0.2, 0.25) is 0 Å². The summed E-state index contributed by atoms with van der Waals surface area (Å²) in [6, 6.07) is 6.74. The van der Waals surface area contributed by atoms with Gasteiger partial charge in [0.05, 0.1) is 0 Å². The number of rotatable bonds is 1. The van der Waals surface area contributed by atoms with Gasteiger partial charge in [-0.05, 0) is 88.0 Å². The van der Waals surface area contributed by atoms with Crippen molar-refractivity contribution in [3.8, 4) is 0 Å². The molecule has 0 amide bonds. The van der Waals surface area contributed by atoms with E-state index in [1.54, 1.807) is 6.08 Å². The van der Waals surface area contributed by atoms with E-state index in [-0.39, 0.29) is 5.97 Å². The van der Waals surface area contributed by atoms with Crippen molar-refractivity contribution >= 4 is 21.9 Å². The van der Waals surface area contributed by atoms with Crippen LogP contribution in [0.5, 0.6) is 0 Å². The first-order valence-electron chi connectivity index (χ1n) is 8.49. The first-order valence-corrected chi connectivity index (χ1v) is 9.28. The molecular formula is C20H25BrO2. The predicted octanol–water partition coefficient (Wildman–Crippen LogP) is 5.48. The molecule has 2 aliphatic rings. The zero-order valence-electron chi connectivity index (χ0n) is 14.2. The summed E-state index contributed by atoms with van der Waals surface area (Å²) in [7, 11) is 0. The highest BCUT2D eigenvalue weighted by Crippen LogP contribution is 2.50. The van der Waals surface area contributed by atoms with Crippen LogP contribution in [0, 0.1) is 0 Å². The Balaban J connectivity index is 1.69. The number of esters is 1. The number of benzene rings is 1. The molecule has 1 aromatic carbocycles. The second kappa shape index (κ2) is 6.08. The SMILES string of the molecule is CC(C)(C)OC(=O)C=C1CCC2(CC1)CCc1cc(Br)ccc12. The maximum Gasteiger partial charge on any atom is 0.331 e. The van der Waals surface area contributed by atoms with Crippen molar-refractivity contribution < 1.29 is 9.53 Å². The minimum atomic E-state index is -0.415. The number of carbonyl (C=O) groups excluding carboxylic acids is 1. The van der Waals surface area contributed by atoms with Gasteiger partial charge >= 0.3 is 5.97 Å². The highest BCUT2D eigenvalue weighted by molar-refractivity contribution is 9.10. The zero-order chi connectivity index (χ0) is 16.7. The quantitative estimate of drug-likeness (QED) is 0.479. The van der Waals surface area contributed by atoms with Crippen LogP contribution >= 0.6 is 15.9 Å². The van der Waals surface area contributed by atoms with Crippen molar-refractivity contribution in [1.82, 2.24) is 0 Å². The second-order valence-electron chi connectivity index (χ2n) is 7.92. The van der Waals surface area contributed by atoms with Crippen molar-refractivity contribution in [3.63, 3.8) is 0 Å². The summed E-state index contributed by atoms with van der Waals surface area (Å²) in [5, 5.41) is 0. The average molecular weight is 377 g/mol. The first-order chi connectivity index (χ1) is 10.8. The van der Waals surface area contributed by atoms with E-state index in [0.717, 1.165) is 25.7 Å². The summed E-state index contributed by atoms with van der Waals surface area (Å²) < 4.78 is 6.58. The van der Waals surface area contributed by atoms with Gasteiger partial charge < -0.3 is 4.74 Å². The van der Waals surface area contributed by atoms with E-state index < -0.39 is 5.60 Å². The zero-order valence-corrected chi connectivity index (χ0v) is 15.8. The number of fused-ring (bicyclic) bond motifs is 2. The van der Waals surface area contributed by atoms with Crippen LogP contribution in [0.4, 0.5) is 0 Å². The Hall–Kier alpha value is -1.09. The number of hydrogen-bond donors (Lipinski definition) is 0. The minimum Gasteiger partial charge on any atom is -0.457 e. The van der Waals surface area contributed by atoms with E-state index in [2.05, 4.69) is 34.1 Å². The molecule has 23 heavy (non-hydrogen) atoms. The minimum absolute atomic E-state index is 0.195. The Morgan fingerprint density at radius 2 is 1.83 bits per heavy atom. The van der Waals surface area contributed by atoms with Crippen LogP contribution in [-0.4, -0.2) is 11.6 Å². The summed E-state index contributed by atoms with van der Waals surface area (Å²) in [6.45, 7) is 5.73. The van der Waals surface area contributed by atoms with Gasteiger partial charge in [-0.15, -0.1) is 0 Å². The standard InChI is InChI=1S/C20H25BrO2/c1-19(2,3)23-18(22)12-14-6-9-20(10-7-14)11-8-15-13-16(21)4-5-17(15)20/h4-5,12-13H,6-11H2,1-3H3. The van der Waals surface area contributed by atoms with Crippen LogP contribution in [-0.2, 0) is 21.4 Å². The van der Waals surface area contributed by atoms with Gasteiger partial charge in [-0.2, -0.15) is 0 Å². The van der Waals surface area contributed by atoms with Crippen LogP contribution in [0.3, 0.4) is 0 Å². The van der Waals surface area contributed by atoms with Crippen molar-refractivity contribution in [2.75, 3.05) is 0 Å². The Morgan fingerprint density at radius 1 is 1.17 bits per heavy atom. The van der Waals surface area contributed by atoms with E-state index in [4.69, 9.17) is 4.74 Å². The molecule has 1 aromatic rings. The lowest BCUT2D eigenvalue weighted by Gasteiger charge is -2.35. The topological polar surface area (TPSA) is 26.3 Å². The number of halogens is 1. The summed E-state index contributed by atoms with van der Waals surface area (Å²) in [6.07, 6.45) is 8.48. The number of carbonyl (C=O) groups is 1. The summed E-state index contributed by atoms with van der Waals surface area (Å²) in [4.78, 5) is 12.0. The molecule has 1 spiro atoms. The van der Waals surface area contributed by atoms with E-state index in [9.17, 15) is 4.79 Å². The normalized spacial score (nSPS) is 23.7. The molecule has 1 fully saturated rings. The summed E-state index contributed by atoms with van der Waals surface area (Å²) in [5.74, 6) is -0.195. The molecule has 0 heterocycles. The molecule has 1 saturated carbocycles. The molecule has 0 saturated heterocycles. The maximum absolute atomic E-state index is 12.0. The fourth-order valence-corrected chi connectivity index (χ4v) is 4.41. The first kappa shape index (κ1) is 16.8. The number of aryl methyl sites for hydroxylation is 1. The molecule has 124 valence electrons. The smallest absolute Gasteiger partial charge is 0.331 e. The summed E-state index contributed by atoms with van der Waals surface area (Å²) in [5.41, 5.74) is 4.20. The van der Waals surface area contributed by atoms with Crippen LogP contribution in [0.15, 0.2) is 34.3 Å². The van der Waals surface area contributed by atoms with Gasteiger partial charge in [0.15, 0.2) is 0 Å². The molecule has 0 bridgehead atoms. The van der Waals surface area contributed by atoms with E-state index in [1.165, 1.54) is 34.0 Å². The molecule has 0 radical (unpaired) electrons. The van der Waals surface area contributed by atoms with Gasteiger partial charge in [0.25, 0.3) is 0 Å². The number of allylic oxidation sites excluding steroid dienone is 1. The van der Waals surface area contributed by atoms with Crippen LogP contribution < -0.4 is 0 Å². The fourth-order valence-electron chi connectivity index (χ4n) is 4.01. The van der Waals surface area contributed by atoms with Crippen LogP contribution in [0.2, 0.25) is 0 Å². The highest BCUT2D eigenvalue weighted by atomic mass is 79.9. The third kappa shape index (κ3) is 3.71. The molecule has 0 atom stereocenters. The predicted molar refractivity (Wildman–Crippen MR) is 96.5 cm³/mol. The molecule has 0 aliphatic heterocycles. The Morgan fingerprint density at radius 3 is 2.48 bits per heavy atom. The highest BCUT2D eigenvalue weighted by Gasteiger charge is 2.40. The molecule has 3 heteroatoms. The molecule has 3 rings (SSSR count). The van der Waals surface area contributed by atoms with Crippen LogP contribution in [0.25, 0.3) is 0 Å². The Bertz CT molecular complexity index is 642. The monoisotopic (exact) mass is 376 g/mol. The average Bonchev–Trinajstić information content (AvgIpc) is 2.78. The van der Waals surface area contributed by atoms with Gasteiger partial charge in [-0.25, -0.2) is 4.79 Å². The van der Waals surface area contributed by atoms with Crippen LogP contribution in [0.1, 0.15) is 64.0 Å². The van der Waals surface area contributed by atoms with Crippen molar-refractivity contribution in [3.05, 3.63) is 45.4 Å². The molecule has 2 aliphatic carbocycles. The van der Waals surface area contributed by atoms with Crippen molar-refractivity contribution in [1.29, 1.82) is 0 Å². The lowest BCUT2D eigenvalue weighted by atomic mass is 9.69. The summed E-state index contributed by atoms with van der Waals surface area (Å²) >= 11 is 3.58. The van der Waals surface area contributed by atoms with Gasteiger partial charge in [0.1, 0.15) is 5.60 Å². The molecule has 0 N–H and O–H groups in total. The lowest BCUT2D eigenvalue weighted by molar-refractivity contribution is -0.148. The molecular weight excluding hydrogens is 352 g/mol. The largest absolute Gasteiger partial charge is 0.457 e. The molecule has 0 unspecified atom stereocenters. The fraction of sp³-hybridized carbons (Fsp3) is 0.550. The lowest BCUT2D eigenvalue weighted by Crippen LogP contribution is -2.27. The Labute approximate surface area is 147 Å². The number of hydrogen-bond acceptors (Lipinski definition) is 2. The van der Waals surface area contributed by atoms with E-state index in [0.29, 0.717) is 5.41 Å². The Kier molecular flexibility index (Phi) is 4.43. The third-order valence-electron chi connectivity index (χ3n) is 5.09. The van der Waals surface area contributed by atoms with E-state index >= 15 is 0 Å². The van der Waals surface area contributed by atoms with E-state index in [1.807, 2.05) is 20.8 Å². The van der Waals surface area contributed by atoms with Crippen molar-refractivity contribution in [2.45, 2.75) is 70.3 Å². The second-order valence-corrected chi connectivity index (χ2v) is 8.83. The third-order valence-corrected chi connectivity index (χ3v) is 5.58. The van der Waals surface area contributed by atoms with Gasteiger partial charge in [0, 0.05) is 10.5 Å². The van der Waals surface area contributed by atoms with Gasteiger partial charge in [-0.3, -0.25) is 0 Å². The molecule has 2 nitrogen and oxygen atoms in total. The molecule has 0 aromatic heterocycles. The van der Waals surface area contributed by atoms with Gasteiger partial charge in [-0.1, -0.05) is 27.6 Å². The van der Waals surface area contributed by atoms with Crippen molar-refractivity contribution in [2.24, 2.45) is 0 Å². The number of ether oxygens (including phenoxy) is 1.